The molecular formula is C27H35FN4O4. The van der Waals surface area contributed by atoms with Gasteiger partial charge in [0.2, 0.25) is 17.7 Å². The van der Waals surface area contributed by atoms with Gasteiger partial charge in [0, 0.05) is 38.7 Å². The Morgan fingerprint density at radius 1 is 1.08 bits per heavy atom. The van der Waals surface area contributed by atoms with Crippen LogP contribution in [0.15, 0.2) is 48.7 Å². The number of pyridine rings is 1. The SMILES string of the molecule is COCCN(C(=O)CCCC(=O)Nc1ccccn1)C(C(=O)NC1CCCCC1)c1ccc(F)cc1. The van der Waals surface area contributed by atoms with Crippen LogP contribution in [-0.2, 0) is 19.1 Å². The third-order valence-electron chi connectivity index (χ3n) is 6.28. The van der Waals surface area contributed by atoms with Crippen molar-refractivity contribution in [2.24, 2.45) is 0 Å². The highest BCUT2D eigenvalue weighted by molar-refractivity contribution is 5.91. The Morgan fingerprint density at radius 2 is 1.83 bits per heavy atom. The lowest BCUT2D eigenvalue weighted by molar-refractivity contribution is -0.142. The van der Waals surface area contributed by atoms with Crippen molar-refractivity contribution in [2.45, 2.75) is 63.5 Å². The van der Waals surface area contributed by atoms with E-state index in [2.05, 4.69) is 15.6 Å². The summed E-state index contributed by atoms with van der Waals surface area (Å²) in [4.78, 5) is 44.6. The van der Waals surface area contributed by atoms with E-state index in [4.69, 9.17) is 4.74 Å². The molecule has 3 rings (SSSR count). The highest BCUT2D eigenvalue weighted by Gasteiger charge is 2.32. The van der Waals surface area contributed by atoms with Crippen LogP contribution in [0.1, 0.15) is 63.0 Å². The number of carbonyl (C=O) groups excluding carboxylic acids is 3. The minimum absolute atomic E-state index is 0.0591. The number of ether oxygens (including phenoxy) is 1. The maximum absolute atomic E-state index is 13.6. The molecule has 8 nitrogen and oxygen atoms in total. The van der Waals surface area contributed by atoms with Gasteiger partial charge in [0.25, 0.3) is 0 Å². The number of benzene rings is 1. The maximum atomic E-state index is 13.6. The van der Waals surface area contributed by atoms with Gasteiger partial charge in [-0.25, -0.2) is 9.37 Å². The van der Waals surface area contributed by atoms with Gasteiger partial charge in [0.05, 0.1) is 6.61 Å². The van der Waals surface area contributed by atoms with Crippen molar-refractivity contribution in [1.29, 1.82) is 0 Å². The first-order valence-corrected chi connectivity index (χ1v) is 12.5. The molecule has 36 heavy (non-hydrogen) atoms. The van der Waals surface area contributed by atoms with Crippen molar-refractivity contribution in [3.05, 3.63) is 60.0 Å². The number of anilines is 1. The molecule has 0 aliphatic heterocycles. The summed E-state index contributed by atoms with van der Waals surface area (Å²) in [5, 5.41) is 5.81. The zero-order valence-electron chi connectivity index (χ0n) is 20.7. The standard InChI is InChI=1S/C27H35FN4O4/c1-36-19-18-32(25(34)12-7-11-24(33)31-23-10-5-6-17-29-23)26(20-13-15-21(28)16-14-20)27(35)30-22-8-3-2-4-9-22/h5-6,10,13-17,22,26H,2-4,7-9,11-12,18-19H2,1H3,(H,30,35)(H,29,31,33). The van der Waals surface area contributed by atoms with Gasteiger partial charge in [0.15, 0.2) is 0 Å². The molecule has 1 aliphatic carbocycles. The van der Waals surface area contributed by atoms with Crippen molar-refractivity contribution in [2.75, 3.05) is 25.6 Å². The lowest BCUT2D eigenvalue weighted by Gasteiger charge is -2.33. The number of hydrogen-bond acceptors (Lipinski definition) is 5. The number of rotatable bonds is 12. The normalized spacial score (nSPS) is 14.6. The average molecular weight is 499 g/mol. The highest BCUT2D eigenvalue weighted by atomic mass is 19.1. The van der Waals surface area contributed by atoms with Crippen molar-refractivity contribution < 1.29 is 23.5 Å². The topological polar surface area (TPSA) is 101 Å². The second kappa shape index (κ2) is 14.3. The Hall–Kier alpha value is -3.33. The van der Waals surface area contributed by atoms with Crippen molar-refractivity contribution in [3.63, 3.8) is 0 Å². The van der Waals surface area contributed by atoms with Crippen LogP contribution in [0.2, 0.25) is 0 Å². The van der Waals surface area contributed by atoms with Crippen LogP contribution in [0, 0.1) is 5.82 Å². The van der Waals surface area contributed by atoms with Gasteiger partial charge in [-0.15, -0.1) is 0 Å². The predicted molar refractivity (Wildman–Crippen MR) is 134 cm³/mol. The third-order valence-corrected chi connectivity index (χ3v) is 6.28. The molecule has 1 unspecified atom stereocenters. The molecule has 1 heterocycles. The maximum Gasteiger partial charge on any atom is 0.247 e. The highest BCUT2D eigenvalue weighted by Crippen LogP contribution is 2.25. The summed E-state index contributed by atoms with van der Waals surface area (Å²) in [5.41, 5.74) is 0.530. The first-order chi connectivity index (χ1) is 17.5. The number of hydrogen-bond donors (Lipinski definition) is 2. The zero-order chi connectivity index (χ0) is 25.8. The molecule has 1 atom stereocenters. The van der Waals surface area contributed by atoms with Gasteiger partial charge in [0.1, 0.15) is 17.7 Å². The van der Waals surface area contributed by atoms with Gasteiger partial charge in [-0.05, 0) is 49.1 Å². The summed E-state index contributed by atoms with van der Waals surface area (Å²) in [6, 6.07) is 10.0. The molecule has 0 radical (unpaired) electrons. The van der Waals surface area contributed by atoms with Crippen LogP contribution in [0.5, 0.6) is 0 Å². The van der Waals surface area contributed by atoms with Crippen molar-refractivity contribution in [3.8, 4) is 0 Å². The number of halogens is 1. The first-order valence-electron chi connectivity index (χ1n) is 12.5. The van der Waals surface area contributed by atoms with E-state index >= 15 is 0 Å². The largest absolute Gasteiger partial charge is 0.383 e. The molecule has 0 spiro atoms. The second-order valence-corrected chi connectivity index (χ2v) is 8.99. The number of aromatic nitrogens is 1. The van der Waals surface area contributed by atoms with E-state index in [1.54, 1.807) is 24.4 Å². The van der Waals surface area contributed by atoms with Gasteiger partial charge in [-0.1, -0.05) is 37.5 Å². The molecule has 1 aromatic heterocycles. The quantitative estimate of drug-likeness (QED) is 0.461. The molecule has 2 N–H and O–H groups in total. The fraction of sp³-hybridized carbons (Fsp3) is 0.481. The number of nitrogens with one attached hydrogen (secondary N) is 2. The molecular weight excluding hydrogens is 463 g/mol. The Kier molecular flexibility index (Phi) is 10.8. The Balaban J connectivity index is 1.70. The summed E-state index contributed by atoms with van der Waals surface area (Å²) in [6.45, 7) is 0.426. The van der Waals surface area contributed by atoms with E-state index < -0.39 is 11.9 Å². The van der Waals surface area contributed by atoms with Gasteiger partial charge < -0.3 is 20.3 Å². The van der Waals surface area contributed by atoms with E-state index in [0.29, 0.717) is 17.8 Å². The number of amides is 3. The monoisotopic (exact) mass is 498 g/mol. The van der Waals surface area contributed by atoms with Gasteiger partial charge >= 0.3 is 0 Å². The molecule has 3 amide bonds. The molecule has 1 saturated carbocycles. The zero-order valence-corrected chi connectivity index (χ0v) is 20.7. The summed E-state index contributed by atoms with van der Waals surface area (Å²) in [6.07, 6.45) is 7.17. The summed E-state index contributed by atoms with van der Waals surface area (Å²) >= 11 is 0. The van der Waals surface area contributed by atoms with E-state index in [9.17, 15) is 18.8 Å². The van der Waals surface area contributed by atoms with Crippen molar-refractivity contribution in [1.82, 2.24) is 15.2 Å². The van der Waals surface area contributed by atoms with Crippen molar-refractivity contribution >= 4 is 23.5 Å². The minimum Gasteiger partial charge on any atom is -0.383 e. The van der Waals surface area contributed by atoms with E-state index in [1.807, 2.05) is 0 Å². The Bertz CT molecular complexity index is 981. The molecule has 1 fully saturated rings. The fourth-order valence-electron chi connectivity index (χ4n) is 4.42. The number of nitrogens with zero attached hydrogens (tertiary/aromatic N) is 2. The number of carbonyl (C=O) groups is 3. The molecule has 1 aromatic carbocycles. The fourth-order valence-corrected chi connectivity index (χ4v) is 4.42. The lowest BCUT2D eigenvalue weighted by Crippen LogP contribution is -2.48. The van der Waals surface area contributed by atoms with E-state index in [-0.39, 0.29) is 49.8 Å². The van der Waals surface area contributed by atoms with Gasteiger partial charge in [-0.2, -0.15) is 0 Å². The van der Waals surface area contributed by atoms with Crippen LogP contribution in [0.3, 0.4) is 0 Å². The lowest BCUT2D eigenvalue weighted by atomic mass is 9.94. The minimum atomic E-state index is -0.919. The molecule has 9 heteroatoms. The van der Waals surface area contributed by atoms with Crippen LogP contribution in [0.25, 0.3) is 0 Å². The van der Waals surface area contributed by atoms with E-state index in [0.717, 1.165) is 32.1 Å². The van der Waals surface area contributed by atoms with Crippen LogP contribution in [-0.4, -0.2) is 53.9 Å². The first kappa shape index (κ1) is 27.3. The third kappa shape index (κ3) is 8.41. The van der Waals surface area contributed by atoms with E-state index in [1.165, 1.54) is 36.3 Å². The molecule has 2 aromatic rings. The summed E-state index contributed by atoms with van der Waals surface area (Å²) in [5.74, 6) is -0.767. The predicted octanol–water partition coefficient (Wildman–Crippen LogP) is 3.99. The van der Waals surface area contributed by atoms with Gasteiger partial charge in [-0.3, -0.25) is 14.4 Å². The molecule has 194 valence electrons. The summed E-state index contributed by atoms with van der Waals surface area (Å²) in [7, 11) is 1.53. The molecule has 0 bridgehead atoms. The molecule has 0 saturated heterocycles. The second-order valence-electron chi connectivity index (χ2n) is 8.99. The molecule has 1 aliphatic rings. The van der Waals surface area contributed by atoms with Crippen LogP contribution in [0.4, 0.5) is 10.2 Å². The average Bonchev–Trinajstić information content (AvgIpc) is 2.88. The van der Waals surface area contributed by atoms with Crippen LogP contribution >= 0.6 is 0 Å². The Labute approximate surface area is 211 Å². The Morgan fingerprint density at radius 3 is 2.50 bits per heavy atom. The number of methoxy groups -OCH3 is 1. The summed E-state index contributed by atoms with van der Waals surface area (Å²) < 4.78 is 18.9. The smallest absolute Gasteiger partial charge is 0.247 e. The van der Waals surface area contributed by atoms with Crippen LogP contribution < -0.4 is 10.6 Å².